The number of nitrogens with one attached hydrogen (secondary N) is 1. The predicted molar refractivity (Wildman–Crippen MR) is 144 cm³/mol. The predicted octanol–water partition coefficient (Wildman–Crippen LogP) is 5.05. The summed E-state index contributed by atoms with van der Waals surface area (Å²) in [6.45, 7) is 0. The molecule has 0 unspecified atom stereocenters. The first-order valence-corrected chi connectivity index (χ1v) is 11.3. The lowest BCUT2D eigenvalue weighted by atomic mass is 9.95. The van der Waals surface area contributed by atoms with Gasteiger partial charge in [0.2, 0.25) is 11.8 Å². The molecule has 5 N–H and O–H groups in total. The van der Waals surface area contributed by atoms with Gasteiger partial charge in [0.15, 0.2) is 0 Å². The van der Waals surface area contributed by atoms with E-state index in [0.717, 1.165) is 16.7 Å². The number of aromatic nitrogens is 2. The zero-order chi connectivity index (χ0) is 25.5. The number of primary amides is 1. The summed E-state index contributed by atoms with van der Waals surface area (Å²) in [7, 11) is 0. The Hall–Kier alpha value is -4.75. The second-order valence-corrected chi connectivity index (χ2v) is 8.23. The molecule has 8 heteroatoms. The molecule has 36 heavy (non-hydrogen) atoms. The van der Waals surface area contributed by atoms with Crippen LogP contribution >= 0.6 is 11.6 Å². The maximum absolute atomic E-state index is 12.3. The number of nitrogens with zero attached hydrogens (tertiary/aromatic N) is 2. The van der Waals surface area contributed by atoms with Crippen LogP contribution in [0.5, 0.6) is 0 Å². The zero-order valence-electron chi connectivity index (χ0n) is 19.1. The monoisotopic (exact) mass is 495 g/mol. The Morgan fingerprint density at radius 2 is 1.53 bits per heavy atom. The number of carbonyl (C=O) groups is 2. The highest BCUT2D eigenvalue weighted by Gasteiger charge is 2.09. The number of hydrogen-bond donors (Lipinski definition) is 3. The molecule has 0 atom stereocenters. The third-order valence-corrected chi connectivity index (χ3v) is 5.44. The molecule has 2 amide bonds. The van der Waals surface area contributed by atoms with Crippen molar-refractivity contribution in [1.82, 2.24) is 9.97 Å². The van der Waals surface area contributed by atoms with Crippen molar-refractivity contribution in [2.75, 3.05) is 11.1 Å². The van der Waals surface area contributed by atoms with Gasteiger partial charge in [-0.3, -0.25) is 19.6 Å². The summed E-state index contributed by atoms with van der Waals surface area (Å²) >= 11 is 5.96. The summed E-state index contributed by atoms with van der Waals surface area (Å²) in [5.41, 5.74) is 16.3. The number of halogens is 1. The summed E-state index contributed by atoms with van der Waals surface area (Å²) in [6, 6.07) is 21.7. The first kappa shape index (κ1) is 24.4. The Labute approximate surface area is 213 Å². The number of amides is 2. The molecule has 4 rings (SSSR count). The van der Waals surface area contributed by atoms with E-state index >= 15 is 0 Å². The second kappa shape index (κ2) is 11.1. The van der Waals surface area contributed by atoms with Crippen molar-refractivity contribution in [3.63, 3.8) is 0 Å². The van der Waals surface area contributed by atoms with Gasteiger partial charge in [0, 0.05) is 16.7 Å². The van der Waals surface area contributed by atoms with E-state index in [2.05, 4.69) is 15.3 Å². The third kappa shape index (κ3) is 6.22. The van der Waals surface area contributed by atoms with Crippen LogP contribution in [-0.2, 0) is 4.79 Å². The molecule has 3 aromatic carbocycles. The van der Waals surface area contributed by atoms with Crippen molar-refractivity contribution in [3.05, 3.63) is 124 Å². The topological polar surface area (TPSA) is 124 Å². The fourth-order valence-corrected chi connectivity index (χ4v) is 3.59. The average Bonchev–Trinajstić information content (AvgIpc) is 2.89. The van der Waals surface area contributed by atoms with Crippen LogP contribution in [-0.4, -0.2) is 21.8 Å². The van der Waals surface area contributed by atoms with E-state index in [1.807, 2.05) is 42.5 Å². The molecular weight excluding hydrogens is 474 g/mol. The minimum absolute atomic E-state index is 0.379. The van der Waals surface area contributed by atoms with Crippen LogP contribution in [0, 0.1) is 0 Å². The fraction of sp³-hybridized carbons (Fsp3) is 0. The van der Waals surface area contributed by atoms with Gasteiger partial charge < -0.3 is 16.8 Å². The number of rotatable bonds is 7. The smallest absolute Gasteiger partial charge is 0.248 e. The quantitative estimate of drug-likeness (QED) is 0.244. The second-order valence-electron chi connectivity index (χ2n) is 7.79. The molecule has 1 heterocycles. The Balaban J connectivity index is 1.56. The lowest BCUT2D eigenvalue weighted by Gasteiger charge is -2.10. The van der Waals surface area contributed by atoms with Crippen molar-refractivity contribution in [1.29, 1.82) is 0 Å². The zero-order valence-corrected chi connectivity index (χ0v) is 19.8. The summed E-state index contributed by atoms with van der Waals surface area (Å²) in [4.78, 5) is 32.8. The highest BCUT2D eigenvalue weighted by Crippen LogP contribution is 2.26. The fourth-order valence-electron chi connectivity index (χ4n) is 3.42. The first-order valence-electron chi connectivity index (χ1n) is 10.9. The molecule has 0 saturated carbocycles. The van der Waals surface area contributed by atoms with E-state index in [4.69, 9.17) is 23.1 Å². The van der Waals surface area contributed by atoms with Gasteiger partial charge >= 0.3 is 0 Å². The average molecular weight is 496 g/mol. The van der Waals surface area contributed by atoms with Crippen molar-refractivity contribution in [3.8, 4) is 0 Å². The molecule has 0 saturated heterocycles. The minimum atomic E-state index is -0.498. The van der Waals surface area contributed by atoms with Gasteiger partial charge in [-0.2, -0.15) is 0 Å². The molecule has 4 aromatic rings. The van der Waals surface area contributed by atoms with Gasteiger partial charge in [-0.1, -0.05) is 54.1 Å². The summed E-state index contributed by atoms with van der Waals surface area (Å²) in [5, 5.41) is 3.15. The van der Waals surface area contributed by atoms with Gasteiger partial charge in [0.05, 0.1) is 35.2 Å². The maximum atomic E-state index is 12.3. The first-order chi connectivity index (χ1) is 17.4. The number of anilines is 2. The van der Waals surface area contributed by atoms with Crippen LogP contribution in [0.4, 0.5) is 11.4 Å². The van der Waals surface area contributed by atoms with Crippen molar-refractivity contribution >= 4 is 52.5 Å². The standard InChI is InChI=1S/C28H22ClN5O2/c29-21-9-11-25(30)26(14-21)34-27(35)12-10-22-16-33-23(17-32-22)15-24(18-5-2-1-3-6-18)19-7-4-8-20(13-19)28(31)36/h1-17H,30H2,(H2,31,36)(H,34,35)/b12-10+,24-15+. The molecule has 0 aliphatic carbocycles. The van der Waals surface area contributed by atoms with E-state index in [1.165, 1.54) is 6.08 Å². The number of hydrogen-bond acceptors (Lipinski definition) is 5. The molecule has 0 aliphatic heterocycles. The molecule has 0 bridgehead atoms. The lowest BCUT2D eigenvalue weighted by Crippen LogP contribution is -2.10. The Morgan fingerprint density at radius 3 is 2.25 bits per heavy atom. The summed E-state index contributed by atoms with van der Waals surface area (Å²) < 4.78 is 0. The molecule has 0 spiro atoms. The van der Waals surface area contributed by atoms with Crippen LogP contribution in [0.25, 0.3) is 17.7 Å². The number of carbonyl (C=O) groups excluding carboxylic acids is 2. The van der Waals surface area contributed by atoms with Crippen LogP contribution in [0.15, 0.2) is 91.3 Å². The highest BCUT2D eigenvalue weighted by atomic mass is 35.5. The van der Waals surface area contributed by atoms with E-state index in [1.54, 1.807) is 54.9 Å². The van der Waals surface area contributed by atoms with E-state index in [9.17, 15) is 9.59 Å². The SMILES string of the molecule is NC(=O)c1cccc(/C(=C/c2cnc(/C=C/C(=O)Nc3cc(Cl)ccc3N)cn2)c2ccccc2)c1. The molecule has 7 nitrogen and oxygen atoms in total. The Kier molecular flexibility index (Phi) is 7.53. The van der Waals surface area contributed by atoms with Crippen LogP contribution in [0.1, 0.15) is 32.9 Å². The van der Waals surface area contributed by atoms with E-state index in [0.29, 0.717) is 33.3 Å². The molecule has 178 valence electrons. The van der Waals surface area contributed by atoms with Gasteiger partial charge in [0.25, 0.3) is 0 Å². The molecule has 0 aliphatic rings. The number of nitrogens with two attached hydrogens (primary N) is 2. The van der Waals surface area contributed by atoms with Gasteiger partial charge in [-0.15, -0.1) is 0 Å². The minimum Gasteiger partial charge on any atom is -0.397 e. The van der Waals surface area contributed by atoms with E-state index in [-0.39, 0.29) is 5.91 Å². The van der Waals surface area contributed by atoms with Crippen molar-refractivity contribution in [2.24, 2.45) is 5.73 Å². The summed E-state index contributed by atoms with van der Waals surface area (Å²) in [5.74, 6) is -0.877. The van der Waals surface area contributed by atoms with E-state index < -0.39 is 5.91 Å². The maximum Gasteiger partial charge on any atom is 0.248 e. The molecule has 0 radical (unpaired) electrons. The van der Waals surface area contributed by atoms with Crippen LogP contribution in [0.2, 0.25) is 5.02 Å². The largest absolute Gasteiger partial charge is 0.397 e. The van der Waals surface area contributed by atoms with Gasteiger partial charge in [0.1, 0.15) is 0 Å². The Morgan fingerprint density at radius 1 is 0.833 bits per heavy atom. The molecule has 1 aromatic heterocycles. The van der Waals surface area contributed by atoms with Crippen LogP contribution in [0.3, 0.4) is 0 Å². The van der Waals surface area contributed by atoms with Gasteiger partial charge in [-0.25, -0.2) is 0 Å². The normalized spacial score (nSPS) is 11.4. The van der Waals surface area contributed by atoms with Crippen LogP contribution < -0.4 is 16.8 Å². The number of nitrogen functional groups attached to an aromatic ring is 1. The van der Waals surface area contributed by atoms with Crippen molar-refractivity contribution < 1.29 is 9.59 Å². The molecule has 0 fully saturated rings. The lowest BCUT2D eigenvalue weighted by molar-refractivity contribution is -0.111. The Bertz CT molecular complexity index is 1470. The third-order valence-electron chi connectivity index (χ3n) is 5.21. The number of benzene rings is 3. The summed E-state index contributed by atoms with van der Waals surface area (Å²) in [6.07, 6.45) is 7.93. The van der Waals surface area contributed by atoms with Crippen molar-refractivity contribution in [2.45, 2.75) is 0 Å². The highest BCUT2D eigenvalue weighted by molar-refractivity contribution is 6.31. The molecular formula is C28H22ClN5O2. The van der Waals surface area contributed by atoms with Gasteiger partial charge in [-0.05, 0) is 59.2 Å².